The fraction of sp³-hybridized carbons (Fsp3) is 0.909. The third kappa shape index (κ3) is 5.14. The van der Waals surface area contributed by atoms with Gasteiger partial charge in [-0.15, -0.1) is 0 Å². The SMILES string of the molecule is CC(C)NCC1CCCN(CC(=O)O)C1. The smallest absolute Gasteiger partial charge is 0.317 e. The molecule has 0 radical (unpaired) electrons. The van der Waals surface area contributed by atoms with Gasteiger partial charge in [-0.05, 0) is 31.8 Å². The number of nitrogens with zero attached hydrogens (tertiary/aromatic N) is 1. The molecular weight excluding hydrogens is 192 g/mol. The van der Waals surface area contributed by atoms with Crippen molar-refractivity contribution in [1.82, 2.24) is 10.2 Å². The molecule has 0 aromatic rings. The van der Waals surface area contributed by atoms with Crippen LogP contribution in [0.2, 0.25) is 0 Å². The van der Waals surface area contributed by atoms with Crippen LogP contribution in [-0.4, -0.2) is 48.2 Å². The Hall–Kier alpha value is -0.610. The van der Waals surface area contributed by atoms with E-state index in [1.807, 2.05) is 4.90 Å². The first-order valence-electron chi connectivity index (χ1n) is 5.75. The van der Waals surface area contributed by atoms with Crippen molar-refractivity contribution in [1.29, 1.82) is 0 Å². The number of likely N-dealkylation sites (tertiary alicyclic amines) is 1. The molecule has 0 bridgehead atoms. The van der Waals surface area contributed by atoms with Gasteiger partial charge in [0, 0.05) is 12.6 Å². The van der Waals surface area contributed by atoms with Gasteiger partial charge in [-0.3, -0.25) is 9.69 Å². The molecule has 1 fully saturated rings. The van der Waals surface area contributed by atoms with Crippen LogP contribution in [0.15, 0.2) is 0 Å². The Balaban J connectivity index is 2.25. The Morgan fingerprint density at radius 1 is 1.60 bits per heavy atom. The number of piperidine rings is 1. The third-order valence-electron chi connectivity index (χ3n) is 2.78. The lowest BCUT2D eigenvalue weighted by Gasteiger charge is -2.32. The fourth-order valence-electron chi connectivity index (χ4n) is 2.06. The topological polar surface area (TPSA) is 52.6 Å². The van der Waals surface area contributed by atoms with Crippen molar-refractivity contribution in [2.45, 2.75) is 32.7 Å². The Morgan fingerprint density at radius 3 is 2.93 bits per heavy atom. The van der Waals surface area contributed by atoms with E-state index < -0.39 is 5.97 Å². The van der Waals surface area contributed by atoms with Crippen LogP contribution >= 0.6 is 0 Å². The highest BCUT2D eigenvalue weighted by Crippen LogP contribution is 2.15. The normalized spacial score (nSPS) is 23.3. The standard InChI is InChI=1S/C11H22N2O2/c1-9(2)12-6-10-4-3-5-13(7-10)8-11(14)15/h9-10,12H,3-8H2,1-2H3,(H,14,15). The molecule has 1 heterocycles. The molecule has 1 rings (SSSR count). The third-order valence-corrected chi connectivity index (χ3v) is 2.78. The van der Waals surface area contributed by atoms with E-state index in [1.165, 1.54) is 6.42 Å². The second-order valence-corrected chi connectivity index (χ2v) is 4.70. The highest BCUT2D eigenvalue weighted by Gasteiger charge is 2.21. The first kappa shape index (κ1) is 12.5. The summed E-state index contributed by atoms with van der Waals surface area (Å²) in [5, 5.41) is 12.1. The van der Waals surface area contributed by atoms with E-state index in [9.17, 15) is 4.79 Å². The van der Waals surface area contributed by atoms with Crippen LogP contribution in [0.3, 0.4) is 0 Å². The number of hydrogen-bond donors (Lipinski definition) is 2. The molecule has 0 aromatic heterocycles. The number of aliphatic carboxylic acids is 1. The van der Waals surface area contributed by atoms with Crippen LogP contribution in [0.1, 0.15) is 26.7 Å². The largest absolute Gasteiger partial charge is 0.480 e. The Kier molecular flexibility index (Phi) is 5.05. The zero-order valence-electron chi connectivity index (χ0n) is 9.70. The van der Waals surface area contributed by atoms with E-state index >= 15 is 0 Å². The van der Waals surface area contributed by atoms with Gasteiger partial charge in [0.25, 0.3) is 0 Å². The van der Waals surface area contributed by atoms with Gasteiger partial charge < -0.3 is 10.4 Å². The summed E-state index contributed by atoms with van der Waals surface area (Å²) >= 11 is 0. The van der Waals surface area contributed by atoms with Gasteiger partial charge in [-0.1, -0.05) is 13.8 Å². The van der Waals surface area contributed by atoms with E-state index in [-0.39, 0.29) is 6.54 Å². The van der Waals surface area contributed by atoms with Crippen molar-refractivity contribution in [2.24, 2.45) is 5.92 Å². The first-order chi connectivity index (χ1) is 7.08. The zero-order valence-corrected chi connectivity index (χ0v) is 9.70. The van der Waals surface area contributed by atoms with Gasteiger partial charge in [-0.25, -0.2) is 0 Å². The summed E-state index contributed by atoms with van der Waals surface area (Å²) in [6.07, 6.45) is 2.34. The molecule has 4 heteroatoms. The van der Waals surface area contributed by atoms with Crippen LogP contribution < -0.4 is 5.32 Å². The van der Waals surface area contributed by atoms with Gasteiger partial charge in [0.2, 0.25) is 0 Å². The Bertz CT molecular complexity index is 207. The second kappa shape index (κ2) is 6.08. The van der Waals surface area contributed by atoms with E-state index in [1.54, 1.807) is 0 Å². The highest BCUT2D eigenvalue weighted by atomic mass is 16.4. The molecule has 0 amide bonds. The second-order valence-electron chi connectivity index (χ2n) is 4.70. The maximum absolute atomic E-state index is 10.6. The average Bonchev–Trinajstić information content (AvgIpc) is 2.14. The van der Waals surface area contributed by atoms with Crippen molar-refractivity contribution in [2.75, 3.05) is 26.2 Å². The number of carboxylic acids is 1. The molecule has 0 saturated carbocycles. The average molecular weight is 214 g/mol. The number of rotatable bonds is 5. The van der Waals surface area contributed by atoms with E-state index in [0.29, 0.717) is 12.0 Å². The van der Waals surface area contributed by atoms with Crippen LogP contribution in [0.25, 0.3) is 0 Å². The summed E-state index contributed by atoms with van der Waals surface area (Å²) in [6.45, 7) is 7.33. The Morgan fingerprint density at radius 2 is 2.33 bits per heavy atom. The van der Waals surface area contributed by atoms with Crippen LogP contribution in [0.4, 0.5) is 0 Å². The summed E-state index contributed by atoms with van der Waals surface area (Å²) in [6, 6.07) is 0.514. The summed E-state index contributed by atoms with van der Waals surface area (Å²) in [7, 11) is 0. The lowest BCUT2D eigenvalue weighted by Crippen LogP contribution is -2.42. The number of hydrogen-bond acceptors (Lipinski definition) is 3. The first-order valence-corrected chi connectivity index (χ1v) is 5.75. The molecular formula is C11H22N2O2. The summed E-state index contributed by atoms with van der Waals surface area (Å²) in [5.41, 5.74) is 0. The molecule has 0 aliphatic carbocycles. The highest BCUT2D eigenvalue weighted by molar-refractivity contribution is 5.69. The zero-order chi connectivity index (χ0) is 11.3. The van der Waals surface area contributed by atoms with Gasteiger partial charge >= 0.3 is 5.97 Å². The minimum atomic E-state index is -0.715. The lowest BCUT2D eigenvalue weighted by atomic mass is 9.98. The fourth-order valence-corrected chi connectivity index (χ4v) is 2.06. The lowest BCUT2D eigenvalue weighted by molar-refractivity contribution is -0.138. The van der Waals surface area contributed by atoms with Crippen LogP contribution in [0, 0.1) is 5.92 Å². The van der Waals surface area contributed by atoms with Crippen LogP contribution in [0.5, 0.6) is 0 Å². The van der Waals surface area contributed by atoms with Gasteiger partial charge in [0.15, 0.2) is 0 Å². The van der Waals surface area contributed by atoms with Crippen LogP contribution in [-0.2, 0) is 4.79 Å². The predicted molar refractivity (Wildman–Crippen MR) is 59.9 cm³/mol. The monoisotopic (exact) mass is 214 g/mol. The minimum absolute atomic E-state index is 0.193. The quantitative estimate of drug-likeness (QED) is 0.710. The van der Waals surface area contributed by atoms with Crippen molar-refractivity contribution < 1.29 is 9.90 Å². The van der Waals surface area contributed by atoms with Crippen molar-refractivity contribution in [3.63, 3.8) is 0 Å². The molecule has 0 spiro atoms. The van der Waals surface area contributed by atoms with Gasteiger partial charge in [0.1, 0.15) is 0 Å². The van der Waals surface area contributed by atoms with Gasteiger partial charge in [-0.2, -0.15) is 0 Å². The van der Waals surface area contributed by atoms with Crippen molar-refractivity contribution in [3.8, 4) is 0 Å². The number of carbonyl (C=O) groups is 1. The molecule has 1 atom stereocenters. The molecule has 2 N–H and O–H groups in total. The van der Waals surface area contributed by atoms with E-state index in [0.717, 1.165) is 26.1 Å². The van der Waals surface area contributed by atoms with Crippen molar-refractivity contribution >= 4 is 5.97 Å². The molecule has 4 nitrogen and oxygen atoms in total. The predicted octanol–water partition coefficient (Wildman–Crippen LogP) is 0.781. The maximum Gasteiger partial charge on any atom is 0.317 e. The minimum Gasteiger partial charge on any atom is -0.480 e. The molecule has 88 valence electrons. The van der Waals surface area contributed by atoms with Crippen molar-refractivity contribution in [3.05, 3.63) is 0 Å². The molecule has 0 aromatic carbocycles. The number of nitrogens with one attached hydrogen (secondary N) is 1. The summed E-state index contributed by atoms with van der Waals surface area (Å²) in [4.78, 5) is 12.6. The molecule has 15 heavy (non-hydrogen) atoms. The molecule has 1 aliphatic rings. The maximum atomic E-state index is 10.6. The molecule has 1 unspecified atom stereocenters. The number of carboxylic acid groups (broad SMARTS) is 1. The summed E-state index contributed by atoms with van der Waals surface area (Å²) in [5.74, 6) is -0.104. The van der Waals surface area contributed by atoms with E-state index in [4.69, 9.17) is 5.11 Å². The summed E-state index contributed by atoms with van der Waals surface area (Å²) < 4.78 is 0. The van der Waals surface area contributed by atoms with E-state index in [2.05, 4.69) is 19.2 Å². The molecule has 1 saturated heterocycles. The Labute approximate surface area is 91.6 Å². The molecule has 1 aliphatic heterocycles. The van der Waals surface area contributed by atoms with Gasteiger partial charge in [0.05, 0.1) is 6.54 Å².